The number of imidazole rings is 1. The number of sulfonamides is 1. The zero-order chi connectivity index (χ0) is 13.2. The first-order valence-corrected chi connectivity index (χ1v) is 7.55. The second kappa shape index (κ2) is 5.17. The predicted molar refractivity (Wildman–Crippen MR) is 66.4 cm³/mol. The van der Waals surface area contributed by atoms with Crippen molar-refractivity contribution in [1.29, 1.82) is 0 Å². The third-order valence-corrected chi connectivity index (χ3v) is 5.31. The molecular weight excluding hydrogens is 277 g/mol. The lowest BCUT2D eigenvalue weighted by Gasteiger charge is -2.05. The summed E-state index contributed by atoms with van der Waals surface area (Å²) >= 11 is 0.865. The predicted octanol–water partition coefficient (Wildman–Crippen LogP) is 1.14. The molecule has 0 aliphatic heterocycles. The van der Waals surface area contributed by atoms with Gasteiger partial charge in [0.2, 0.25) is 0 Å². The molecule has 0 aromatic carbocycles. The van der Waals surface area contributed by atoms with Crippen LogP contribution in [0.15, 0.2) is 28.2 Å². The van der Waals surface area contributed by atoms with Gasteiger partial charge in [-0.3, -0.25) is 0 Å². The molecule has 0 aliphatic rings. The summed E-state index contributed by atoms with van der Waals surface area (Å²) in [6, 6.07) is 1.14. The molecule has 2 heterocycles. The highest BCUT2D eigenvalue weighted by Crippen LogP contribution is 2.20. The van der Waals surface area contributed by atoms with Crippen molar-refractivity contribution in [2.24, 2.45) is 7.05 Å². The van der Waals surface area contributed by atoms with E-state index < -0.39 is 15.8 Å². The SMILES string of the molecule is Cn1cncc1CCNS(=O)(=O)c1sccc1F. The van der Waals surface area contributed by atoms with E-state index in [1.54, 1.807) is 17.1 Å². The van der Waals surface area contributed by atoms with Crippen LogP contribution in [0.5, 0.6) is 0 Å². The normalized spacial score (nSPS) is 11.9. The summed E-state index contributed by atoms with van der Waals surface area (Å²) in [6.07, 6.45) is 3.81. The van der Waals surface area contributed by atoms with Crippen LogP contribution < -0.4 is 4.72 Å². The van der Waals surface area contributed by atoms with Crippen molar-refractivity contribution in [2.75, 3.05) is 6.54 Å². The summed E-state index contributed by atoms with van der Waals surface area (Å²) in [5, 5.41) is 1.41. The van der Waals surface area contributed by atoms with E-state index in [1.165, 1.54) is 5.38 Å². The minimum Gasteiger partial charge on any atom is -0.338 e. The van der Waals surface area contributed by atoms with Gasteiger partial charge in [0, 0.05) is 31.9 Å². The van der Waals surface area contributed by atoms with Crippen molar-refractivity contribution < 1.29 is 12.8 Å². The Morgan fingerprint density at radius 3 is 2.89 bits per heavy atom. The van der Waals surface area contributed by atoms with Gasteiger partial charge in [-0.15, -0.1) is 11.3 Å². The van der Waals surface area contributed by atoms with E-state index in [0.29, 0.717) is 6.42 Å². The van der Waals surface area contributed by atoms with Crippen LogP contribution in [-0.4, -0.2) is 24.5 Å². The van der Waals surface area contributed by atoms with Gasteiger partial charge < -0.3 is 4.57 Å². The molecule has 8 heteroatoms. The van der Waals surface area contributed by atoms with Crippen LogP contribution in [0.4, 0.5) is 4.39 Å². The Balaban J connectivity index is 1.99. The van der Waals surface area contributed by atoms with Crippen molar-refractivity contribution in [1.82, 2.24) is 14.3 Å². The van der Waals surface area contributed by atoms with Gasteiger partial charge >= 0.3 is 0 Å². The number of hydrogen-bond acceptors (Lipinski definition) is 4. The van der Waals surface area contributed by atoms with Crippen molar-refractivity contribution in [2.45, 2.75) is 10.6 Å². The fourth-order valence-corrected chi connectivity index (χ4v) is 3.64. The largest absolute Gasteiger partial charge is 0.338 e. The monoisotopic (exact) mass is 289 g/mol. The molecule has 2 rings (SSSR count). The fraction of sp³-hybridized carbons (Fsp3) is 0.300. The van der Waals surface area contributed by atoms with Crippen molar-refractivity contribution in [3.8, 4) is 0 Å². The van der Waals surface area contributed by atoms with Crippen molar-refractivity contribution in [3.63, 3.8) is 0 Å². The molecule has 98 valence electrons. The Bertz CT molecular complexity index is 633. The molecule has 0 atom stereocenters. The van der Waals surface area contributed by atoms with Crippen LogP contribution in [0.3, 0.4) is 0 Å². The van der Waals surface area contributed by atoms with E-state index in [0.717, 1.165) is 23.1 Å². The van der Waals surface area contributed by atoms with Crippen LogP contribution in [0.25, 0.3) is 0 Å². The van der Waals surface area contributed by atoms with Gasteiger partial charge in [0.05, 0.1) is 6.33 Å². The Labute approximate surface area is 108 Å². The maximum Gasteiger partial charge on any atom is 0.253 e. The number of hydrogen-bond donors (Lipinski definition) is 1. The highest BCUT2D eigenvalue weighted by atomic mass is 32.2. The Morgan fingerprint density at radius 2 is 2.33 bits per heavy atom. The average molecular weight is 289 g/mol. The van der Waals surface area contributed by atoms with Gasteiger partial charge in [-0.1, -0.05) is 0 Å². The van der Waals surface area contributed by atoms with E-state index in [9.17, 15) is 12.8 Å². The van der Waals surface area contributed by atoms with Crippen LogP contribution in [0, 0.1) is 5.82 Å². The third kappa shape index (κ3) is 2.77. The standard InChI is InChI=1S/C10H12FN3O2S2/c1-14-7-12-6-8(14)2-4-13-18(15,16)10-9(11)3-5-17-10/h3,5-7,13H,2,4H2,1H3. The summed E-state index contributed by atoms with van der Waals surface area (Å²) in [4.78, 5) is 3.93. The molecule has 0 bridgehead atoms. The molecule has 5 nitrogen and oxygen atoms in total. The minimum atomic E-state index is -3.75. The van der Waals surface area contributed by atoms with Crippen molar-refractivity contribution in [3.05, 3.63) is 35.5 Å². The average Bonchev–Trinajstić information content (AvgIpc) is 2.88. The molecule has 0 fully saturated rings. The summed E-state index contributed by atoms with van der Waals surface area (Å²) in [5.41, 5.74) is 0.907. The van der Waals surface area contributed by atoms with Gasteiger partial charge in [0.25, 0.3) is 10.0 Å². The molecule has 2 aromatic heterocycles. The maximum absolute atomic E-state index is 13.2. The summed E-state index contributed by atoms with van der Waals surface area (Å²) in [7, 11) is -1.92. The molecule has 18 heavy (non-hydrogen) atoms. The lowest BCUT2D eigenvalue weighted by atomic mass is 10.3. The number of thiophene rings is 1. The van der Waals surface area contributed by atoms with E-state index >= 15 is 0 Å². The zero-order valence-electron chi connectivity index (χ0n) is 9.63. The molecule has 0 aliphatic carbocycles. The van der Waals surface area contributed by atoms with Gasteiger partial charge in [-0.2, -0.15) is 0 Å². The first-order chi connectivity index (χ1) is 8.50. The van der Waals surface area contributed by atoms with Crippen LogP contribution in [-0.2, 0) is 23.5 Å². The second-order valence-corrected chi connectivity index (χ2v) is 6.58. The number of aryl methyl sites for hydroxylation is 1. The maximum atomic E-state index is 13.2. The summed E-state index contributed by atoms with van der Waals surface area (Å²) in [6.45, 7) is 0.208. The molecule has 0 saturated heterocycles. The van der Waals surface area contributed by atoms with Crippen molar-refractivity contribution >= 4 is 21.4 Å². The molecule has 0 amide bonds. The lowest BCUT2D eigenvalue weighted by Crippen LogP contribution is -2.26. The second-order valence-electron chi connectivity index (χ2n) is 3.70. The quantitative estimate of drug-likeness (QED) is 0.898. The third-order valence-electron chi connectivity index (χ3n) is 2.42. The molecule has 0 radical (unpaired) electrons. The summed E-state index contributed by atoms with van der Waals surface area (Å²) in [5.74, 6) is -0.715. The highest BCUT2D eigenvalue weighted by Gasteiger charge is 2.19. The van der Waals surface area contributed by atoms with Gasteiger partial charge in [-0.05, 0) is 11.4 Å². The van der Waals surface area contributed by atoms with Gasteiger partial charge in [-0.25, -0.2) is 22.5 Å². The van der Waals surface area contributed by atoms with Gasteiger partial charge in [0.1, 0.15) is 0 Å². The van der Waals surface area contributed by atoms with Crippen LogP contribution in [0.2, 0.25) is 0 Å². The molecule has 2 aromatic rings. The fourth-order valence-electron chi connectivity index (χ4n) is 1.48. The van der Waals surface area contributed by atoms with Gasteiger partial charge in [0.15, 0.2) is 10.0 Å². The Morgan fingerprint density at radius 1 is 1.56 bits per heavy atom. The number of nitrogens with zero attached hydrogens (tertiary/aromatic N) is 2. The summed E-state index contributed by atoms with van der Waals surface area (Å²) < 4.78 is 40.6. The van der Waals surface area contributed by atoms with E-state index in [-0.39, 0.29) is 10.8 Å². The molecule has 1 N–H and O–H groups in total. The van der Waals surface area contributed by atoms with Crippen LogP contribution >= 0.6 is 11.3 Å². The number of rotatable bonds is 5. The zero-order valence-corrected chi connectivity index (χ0v) is 11.3. The molecule has 0 unspecified atom stereocenters. The highest BCUT2D eigenvalue weighted by molar-refractivity contribution is 7.91. The molecule has 0 saturated carbocycles. The first kappa shape index (κ1) is 13.2. The smallest absolute Gasteiger partial charge is 0.253 e. The number of aromatic nitrogens is 2. The minimum absolute atomic E-state index is 0.208. The van der Waals surface area contributed by atoms with E-state index in [2.05, 4.69) is 9.71 Å². The Hall–Kier alpha value is -1.25. The Kier molecular flexibility index (Phi) is 3.79. The first-order valence-electron chi connectivity index (χ1n) is 5.18. The topological polar surface area (TPSA) is 64.0 Å². The number of halogens is 1. The number of nitrogens with one attached hydrogen (secondary N) is 1. The van der Waals surface area contributed by atoms with Crippen LogP contribution in [0.1, 0.15) is 5.69 Å². The van der Waals surface area contributed by atoms with E-state index in [1.807, 2.05) is 7.05 Å². The molecule has 0 spiro atoms. The van der Waals surface area contributed by atoms with E-state index in [4.69, 9.17) is 0 Å². The molecular formula is C10H12FN3O2S2. The lowest BCUT2D eigenvalue weighted by molar-refractivity contribution is 0.564.